The van der Waals surface area contributed by atoms with Gasteiger partial charge in [0.05, 0.1) is 60.0 Å². The second-order valence-electron chi connectivity index (χ2n) is 14.9. The third kappa shape index (κ3) is 7.55. The van der Waals surface area contributed by atoms with Gasteiger partial charge in [0, 0.05) is 23.7 Å². The number of fused-ring (bicyclic) bond motifs is 5. The number of morpholine rings is 1. The van der Waals surface area contributed by atoms with Crippen molar-refractivity contribution in [3.05, 3.63) is 83.3 Å². The quantitative estimate of drug-likeness (QED) is 0.264. The predicted molar refractivity (Wildman–Crippen MR) is 194 cm³/mol. The zero-order valence-electron chi connectivity index (χ0n) is 29.8. The summed E-state index contributed by atoms with van der Waals surface area (Å²) in [4.78, 5) is 37.3. The normalized spacial score (nSPS) is 21.8. The zero-order chi connectivity index (χ0) is 35.9. The van der Waals surface area contributed by atoms with E-state index >= 15 is 0 Å². The number of aromatic nitrogens is 4. The van der Waals surface area contributed by atoms with E-state index in [1.165, 1.54) is 12.1 Å². The van der Waals surface area contributed by atoms with Crippen molar-refractivity contribution in [1.82, 2.24) is 24.8 Å². The highest BCUT2D eigenvalue weighted by Crippen LogP contribution is 2.34. The Kier molecular flexibility index (Phi) is 9.44. The Balaban J connectivity index is 1.31. The lowest BCUT2D eigenvalue weighted by Gasteiger charge is -2.38. The molecule has 12 nitrogen and oxygen atoms in total. The number of carbonyl (C=O) groups excluding carboxylic acids is 1. The molecule has 1 N–H and O–H groups in total. The Morgan fingerprint density at radius 1 is 0.980 bits per heavy atom. The molecule has 1 amide bonds. The minimum atomic E-state index is -4.18. The summed E-state index contributed by atoms with van der Waals surface area (Å²) in [6.07, 6.45) is 7.43. The molecule has 268 valence electrons. The van der Waals surface area contributed by atoms with Crippen molar-refractivity contribution in [2.75, 3.05) is 29.4 Å². The van der Waals surface area contributed by atoms with Crippen LogP contribution in [0.3, 0.4) is 0 Å². The van der Waals surface area contributed by atoms with Crippen molar-refractivity contribution in [3.8, 4) is 17.1 Å². The lowest BCUT2D eigenvalue weighted by atomic mass is 9.87. The first-order chi connectivity index (χ1) is 24.3. The molecule has 51 heavy (non-hydrogen) atoms. The van der Waals surface area contributed by atoms with Crippen molar-refractivity contribution >= 4 is 27.7 Å². The Bertz CT molecular complexity index is 2030. The fourth-order valence-electron chi connectivity index (χ4n) is 7.54. The van der Waals surface area contributed by atoms with E-state index in [-0.39, 0.29) is 58.9 Å². The highest BCUT2D eigenvalue weighted by Gasteiger charge is 2.37. The van der Waals surface area contributed by atoms with E-state index in [1.807, 2.05) is 32.0 Å². The Labute approximate surface area is 299 Å². The molecule has 7 rings (SSSR count). The molecule has 0 radical (unpaired) electrons. The second-order valence-corrected chi connectivity index (χ2v) is 16.6. The SMILES string of the molecule is Cc1cccc(C)c1-c1cc2nc(n1)NS(=O)(=O)c1cccc(c1)C(=O)N(Cc1cncc(N3CCOC4CCCC43)n1)[C@H](CC(C)(C)C)CO2. The molecule has 2 aliphatic heterocycles. The number of hydrogen-bond acceptors (Lipinski definition) is 10. The van der Waals surface area contributed by atoms with Crippen molar-refractivity contribution in [3.63, 3.8) is 0 Å². The molecule has 2 unspecified atom stereocenters. The van der Waals surface area contributed by atoms with Crippen molar-refractivity contribution in [2.24, 2.45) is 5.41 Å². The molecule has 4 bridgehead atoms. The molecular weight excluding hydrogens is 667 g/mol. The molecule has 3 atom stereocenters. The lowest BCUT2D eigenvalue weighted by molar-refractivity contribution is 0.0252. The molecule has 4 heterocycles. The maximum atomic E-state index is 14.6. The highest BCUT2D eigenvalue weighted by molar-refractivity contribution is 7.92. The number of benzene rings is 2. The predicted octanol–water partition coefficient (Wildman–Crippen LogP) is 5.95. The Hall–Kier alpha value is -4.62. The van der Waals surface area contributed by atoms with Crippen molar-refractivity contribution < 1.29 is 22.7 Å². The molecule has 1 saturated heterocycles. The van der Waals surface area contributed by atoms with Gasteiger partial charge >= 0.3 is 0 Å². The van der Waals surface area contributed by atoms with Crippen LogP contribution in [0.15, 0.2) is 65.8 Å². The van der Waals surface area contributed by atoms with Crippen LogP contribution in [0.25, 0.3) is 11.3 Å². The average Bonchev–Trinajstić information content (AvgIpc) is 3.57. The first kappa shape index (κ1) is 34.8. The summed E-state index contributed by atoms with van der Waals surface area (Å²) in [6.45, 7) is 11.9. The van der Waals surface area contributed by atoms with Crippen LogP contribution in [-0.2, 0) is 21.3 Å². The van der Waals surface area contributed by atoms with Crippen LogP contribution >= 0.6 is 0 Å². The van der Waals surface area contributed by atoms with Gasteiger partial charge in [-0.05, 0) is 74.3 Å². The molecule has 13 heteroatoms. The number of aryl methyl sites for hydroxylation is 2. The van der Waals surface area contributed by atoms with Crippen LogP contribution in [0.2, 0.25) is 0 Å². The maximum Gasteiger partial charge on any atom is 0.264 e. The standard InChI is InChI=1S/C38H45N7O5S/c1-24-9-6-10-25(2)35(24)30-18-34-42-37(41-30)43-51(47,48)29-12-7-11-26(17-29)36(46)45(28(23-50-34)19-38(3,4)5)22-27-20-39-21-33(40-27)44-15-16-49-32-14-8-13-31(32)44/h6-7,9-12,17-18,20-21,28,31-32H,8,13-16,19,22-23H2,1-5H3,(H,41,42,43)/t28-,31?,32?/m1/s1. The molecular formula is C38H45N7O5S. The summed E-state index contributed by atoms with van der Waals surface area (Å²) in [5.74, 6) is 0.497. The Morgan fingerprint density at radius 2 is 1.76 bits per heavy atom. The summed E-state index contributed by atoms with van der Waals surface area (Å²) < 4.78 is 42.5. The molecule has 1 aliphatic carbocycles. The maximum absolute atomic E-state index is 14.6. The van der Waals surface area contributed by atoms with Gasteiger partial charge in [-0.25, -0.2) is 23.1 Å². The Morgan fingerprint density at radius 3 is 2.55 bits per heavy atom. The summed E-state index contributed by atoms with van der Waals surface area (Å²) >= 11 is 0. The van der Waals surface area contributed by atoms with Crippen molar-refractivity contribution in [2.45, 2.75) is 89.9 Å². The molecule has 2 aromatic carbocycles. The van der Waals surface area contributed by atoms with Gasteiger partial charge in [0.1, 0.15) is 12.4 Å². The van der Waals surface area contributed by atoms with Gasteiger partial charge in [-0.1, -0.05) is 45.0 Å². The summed E-state index contributed by atoms with van der Waals surface area (Å²) in [5.41, 5.74) is 3.99. The van der Waals surface area contributed by atoms with Gasteiger partial charge < -0.3 is 19.3 Å². The minimum Gasteiger partial charge on any atom is -0.475 e. The second kappa shape index (κ2) is 13.8. The van der Waals surface area contributed by atoms with Crippen LogP contribution in [0.1, 0.15) is 73.6 Å². The summed E-state index contributed by atoms with van der Waals surface area (Å²) in [7, 11) is -4.18. The number of hydrogen-bond donors (Lipinski definition) is 1. The van der Waals surface area contributed by atoms with E-state index in [0.717, 1.165) is 48.3 Å². The number of carbonyl (C=O) groups is 1. The molecule has 0 spiro atoms. The van der Waals surface area contributed by atoms with Crippen LogP contribution in [0.4, 0.5) is 11.8 Å². The van der Waals surface area contributed by atoms with E-state index in [2.05, 4.69) is 45.3 Å². The number of amides is 1. The average molecular weight is 712 g/mol. The molecule has 2 fully saturated rings. The summed E-state index contributed by atoms with van der Waals surface area (Å²) in [6, 6.07) is 13.5. The largest absolute Gasteiger partial charge is 0.475 e. The number of nitrogens with zero attached hydrogens (tertiary/aromatic N) is 6. The monoisotopic (exact) mass is 711 g/mol. The molecule has 1 saturated carbocycles. The van der Waals surface area contributed by atoms with Gasteiger partial charge in [-0.2, -0.15) is 4.98 Å². The number of sulfonamides is 1. The first-order valence-corrected chi connectivity index (χ1v) is 19.0. The van der Waals surface area contributed by atoms with Crippen molar-refractivity contribution in [1.29, 1.82) is 0 Å². The first-order valence-electron chi connectivity index (χ1n) is 17.6. The minimum absolute atomic E-state index is 0.0799. The van der Waals surface area contributed by atoms with Gasteiger partial charge in [-0.15, -0.1) is 0 Å². The van der Waals surface area contributed by atoms with Gasteiger partial charge in [-0.3, -0.25) is 9.78 Å². The van der Waals surface area contributed by atoms with Gasteiger partial charge in [0.2, 0.25) is 11.8 Å². The molecule has 4 aromatic rings. The van der Waals surface area contributed by atoms with E-state index in [1.54, 1.807) is 35.5 Å². The van der Waals surface area contributed by atoms with E-state index in [0.29, 0.717) is 24.4 Å². The number of rotatable bonds is 5. The van der Waals surface area contributed by atoms with Gasteiger partial charge in [0.15, 0.2) is 0 Å². The smallest absolute Gasteiger partial charge is 0.264 e. The number of ether oxygens (including phenoxy) is 2. The third-order valence-electron chi connectivity index (χ3n) is 9.81. The number of anilines is 2. The van der Waals surface area contributed by atoms with Crippen LogP contribution in [0.5, 0.6) is 5.88 Å². The third-order valence-corrected chi connectivity index (χ3v) is 11.1. The van der Waals surface area contributed by atoms with Gasteiger partial charge in [0.25, 0.3) is 15.9 Å². The topological polar surface area (TPSA) is 140 Å². The van der Waals surface area contributed by atoms with Crippen LogP contribution in [-0.4, -0.2) is 77.1 Å². The van der Waals surface area contributed by atoms with Crippen LogP contribution in [0, 0.1) is 19.3 Å². The molecule has 3 aliphatic rings. The van der Waals surface area contributed by atoms with E-state index < -0.39 is 16.1 Å². The zero-order valence-corrected chi connectivity index (χ0v) is 30.6. The lowest BCUT2D eigenvalue weighted by Crippen LogP contribution is -2.49. The number of nitrogens with one attached hydrogen (secondary N) is 1. The fourth-order valence-corrected chi connectivity index (χ4v) is 8.53. The molecule has 2 aromatic heterocycles. The highest BCUT2D eigenvalue weighted by atomic mass is 32.2. The fraction of sp³-hybridized carbons (Fsp3) is 0.447. The van der Waals surface area contributed by atoms with E-state index in [9.17, 15) is 13.2 Å². The summed E-state index contributed by atoms with van der Waals surface area (Å²) in [5, 5.41) is 0. The van der Waals surface area contributed by atoms with E-state index in [4.69, 9.17) is 14.5 Å². The van der Waals surface area contributed by atoms with Crippen LogP contribution < -0.4 is 14.4 Å².